The second-order valence-electron chi connectivity index (χ2n) is 19.3. The zero-order valence-electron chi connectivity index (χ0n) is 34.2. The van der Waals surface area contributed by atoms with E-state index in [0.717, 1.165) is 89.9 Å². The van der Waals surface area contributed by atoms with Crippen molar-refractivity contribution in [2.24, 2.45) is 40.9 Å². The highest BCUT2D eigenvalue weighted by Gasteiger charge is 2.45. The summed E-state index contributed by atoms with van der Waals surface area (Å²) in [6, 6.07) is -0.884. The van der Waals surface area contributed by atoms with Crippen molar-refractivity contribution in [3.63, 3.8) is 0 Å². The normalized spacial score (nSPS) is 39.4. The minimum Gasteiger partial charge on any atom is -0.481 e. The number of amides is 2. The van der Waals surface area contributed by atoms with Gasteiger partial charge in [0.25, 0.3) is 0 Å². The van der Waals surface area contributed by atoms with Gasteiger partial charge in [-0.2, -0.15) is 0 Å². The van der Waals surface area contributed by atoms with Crippen LogP contribution in [-0.2, 0) is 28.7 Å². The van der Waals surface area contributed by atoms with E-state index < -0.39 is 47.8 Å². The van der Waals surface area contributed by atoms with Gasteiger partial charge < -0.3 is 35.4 Å². The van der Waals surface area contributed by atoms with E-state index in [-0.39, 0.29) is 84.3 Å². The van der Waals surface area contributed by atoms with E-state index in [4.69, 9.17) is 9.47 Å². The molecule has 5 N–H and O–H groups in total. The van der Waals surface area contributed by atoms with E-state index in [1.54, 1.807) is 0 Å². The molecule has 6 saturated carbocycles. The largest absolute Gasteiger partial charge is 0.481 e. The van der Waals surface area contributed by atoms with Crippen LogP contribution < -0.4 is 10.6 Å². The Morgan fingerprint density at radius 3 is 1.37 bits per heavy atom. The number of rotatable bonds is 13. The van der Waals surface area contributed by atoms with Crippen molar-refractivity contribution < 1.29 is 48.9 Å². The number of nitrogens with zero attached hydrogens (tertiary/aromatic N) is 1. The van der Waals surface area contributed by atoms with Gasteiger partial charge in [-0.3, -0.25) is 29.3 Å². The topological polar surface area (TPSA) is 215 Å². The first-order valence-corrected chi connectivity index (χ1v) is 22.4. The highest BCUT2D eigenvalue weighted by molar-refractivity contribution is 5.85. The summed E-state index contributed by atoms with van der Waals surface area (Å²) in [4.78, 5) is 60.6. The Balaban J connectivity index is 0.850. The molecule has 0 bridgehead atoms. The summed E-state index contributed by atoms with van der Waals surface area (Å²) < 4.78 is 13.3. The minimum absolute atomic E-state index is 0.0224. The highest BCUT2D eigenvalue weighted by Crippen LogP contribution is 2.49. The van der Waals surface area contributed by atoms with E-state index >= 15 is 0 Å². The van der Waals surface area contributed by atoms with Crippen LogP contribution in [0.3, 0.4) is 0 Å². The van der Waals surface area contributed by atoms with Gasteiger partial charge in [-0.25, -0.2) is 0 Å². The molecule has 6 fully saturated rings. The number of ether oxygens (including phenoxy) is 2. The fourth-order valence-corrected chi connectivity index (χ4v) is 11.7. The van der Waals surface area contributed by atoms with Gasteiger partial charge in [0.2, 0.25) is 17.9 Å². The van der Waals surface area contributed by atoms with Crippen LogP contribution in [0.2, 0.25) is 0 Å². The first-order valence-electron chi connectivity index (χ1n) is 22.4. The van der Waals surface area contributed by atoms with E-state index in [9.17, 15) is 44.6 Å². The average molecular weight is 804 g/mol. The Kier molecular flexibility index (Phi) is 14.9. The summed E-state index contributed by atoms with van der Waals surface area (Å²) in [6.07, 6.45) is 17.2. The lowest BCUT2D eigenvalue weighted by Crippen LogP contribution is -2.48. The van der Waals surface area contributed by atoms with Gasteiger partial charge >= 0.3 is 11.9 Å². The average Bonchev–Trinajstić information content (AvgIpc) is 3.19. The van der Waals surface area contributed by atoms with Crippen LogP contribution in [0.15, 0.2) is 0 Å². The molecule has 57 heavy (non-hydrogen) atoms. The van der Waals surface area contributed by atoms with Crippen molar-refractivity contribution in [1.82, 2.24) is 10.6 Å². The number of aliphatic carboxylic acids is 2. The molecule has 14 heteroatoms. The lowest BCUT2D eigenvalue weighted by atomic mass is 9.60. The second-order valence-corrected chi connectivity index (χ2v) is 19.3. The van der Waals surface area contributed by atoms with Crippen molar-refractivity contribution in [3.05, 3.63) is 10.1 Å². The molecule has 6 unspecified atom stereocenters. The molecule has 0 aromatic rings. The molecule has 0 aliphatic heterocycles. The maximum absolute atomic E-state index is 13.1. The molecule has 0 radical (unpaired) electrons. The Hall–Kier alpha value is -2.84. The molecule has 6 atom stereocenters. The third kappa shape index (κ3) is 11.3. The first-order chi connectivity index (χ1) is 27.2. The lowest BCUT2D eigenvalue weighted by Gasteiger charge is -2.47. The molecular formula is C43H69N3O11. The van der Waals surface area contributed by atoms with E-state index in [1.807, 2.05) is 0 Å². The molecule has 0 heterocycles. The number of nitrogens with one attached hydrogen (secondary N) is 2. The quantitative estimate of drug-likeness (QED) is 0.107. The maximum Gasteiger partial charge on any atom is 0.307 e. The first kappa shape index (κ1) is 43.7. The lowest BCUT2D eigenvalue weighted by molar-refractivity contribution is -0.528. The van der Waals surface area contributed by atoms with Crippen molar-refractivity contribution >= 4 is 23.8 Å². The zero-order chi connectivity index (χ0) is 40.9. The molecule has 0 spiro atoms. The number of hydrogen-bond donors (Lipinski definition) is 5. The standard InChI is InChI=1S/C43H69N3O11/c1-43(2,25-3-13-31(14-4-25)56-33-17-7-27(8-18-33)44-39(48)35-22-12-30(47)24-38(35)42(52)53)26-5-15-32(16-6-26)57-34-19-9-28(10-20-34)45-40(49)37-23-29(46(54)55)11-21-36(37)41(50)51/h25-38,47H,3-24H2,1-2H3,(H,44,48)(H,45,49)(H,50,51)(H,52,53). The summed E-state index contributed by atoms with van der Waals surface area (Å²) in [7, 11) is 0. The molecule has 14 nitrogen and oxygen atoms in total. The number of carboxylic acid groups (broad SMARTS) is 2. The van der Waals surface area contributed by atoms with Crippen LogP contribution in [-0.4, -0.2) is 92.6 Å². The Bertz CT molecular complexity index is 1390. The Labute approximate surface area is 337 Å². The van der Waals surface area contributed by atoms with Crippen LogP contribution in [0.5, 0.6) is 0 Å². The molecule has 322 valence electrons. The van der Waals surface area contributed by atoms with Crippen LogP contribution in [0, 0.1) is 51.0 Å². The number of nitro groups is 1. The van der Waals surface area contributed by atoms with Crippen LogP contribution in [0.4, 0.5) is 0 Å². The SMILES string of the molecule is CC(C)(C1CCC(OC2CCC(NC(=O)C3CCC(O)CC3C(=O)O)CC2)CC1)C1CCC(OC2CCC(NC(=O)C3CC([N+](=O)[O-])CCC3C(=O)O)CC2)CC1. The van der Waals surface area contributed by atoms with Gasteiger partial charge in [0.1, 0.15) is 0 Å². The number of hydrogen-bond acceptors (Lipinski definition) is 9. The van der Waals surface area contributed by atoms with Gasteiger partial charge in [-0.05, 0) is 146 Å². The monoisotopic (exact) mass is 803 g/mol. The van der Waals surface area contributed by atoms with Crippen molar-refractivity contribution in [1.29, 1.82) is 0 Å². The van der Waals surface area contributed by atoms with E-state index in [0.29, 0.717) is 24.7 Å². The highest BCUT2D eigenvalue weighted by atomic mass is 16.6. The van der Waals surface area contributed by atoms with Crippen LogP contribution in [0.1, 0.15) is 155 Å². The van der Waals surface area contributed by atoms with Crippen molar-refractivity contribution in [3.8, 4) is 0 Å². The molecule has 6 rings (SSSR count). The summed E-state index contributed by atoms with van der Waals surface area (Å²) in [5, 5.41) is 46.7. The summed E-state index contributed by atoms with van der Waals surface area (Å²) >= 11 is 0. The van der Waals surface area contributed by atoms with Crippen molar-refractivity contribution in [2.75, 3.05) is 0 Å². The number of aliphatic hydroxyl groups excluding tert-OH is 1. The fraction of sp³-hybridized carbons (Fsp3) is 0.907. The number of carbonyl (C=O) groups excluding carboxylic acids is 2. The van der Waals surface area contributed by atoms with Crippen LogP contribution >= 0.6 is 0 Å². The molecule has 0 saturated heterocycles. The molecule has 0 aromatic heterocycles. The molecular weight excluding hydrogens is 734 g/mol. The van der Waals surface area contributed by atoms with Gasteiger partial charge in [0.05, 0.1) is 54.2 Å². The van der Waals surface area contributed by atoms with Gasteiger partial charge in [0, 0.05) is 29.8 Å². The van der Waals surface area contributed by atoms with Gasteiger partial charge in [0.15, 0.2) is 0 Å². The molecule has 6 aliphatic carbocycles. The summed E-state index contributed by atoms with van der Waals surface area (Å²) in [5.74, 6) is -4.43. The number of carbonyl (C=O) groups is 4. The minimum atomic E-state index is -1.06. The number of aliphatic hydroxyl groups is 1. The van der Waals surface area contributed by atoms with E-state index in [1.165, 1.54) is 12.8 Å². The molecule has 0 aromatic carbocycles. The summed E-state index contributed by atoms with van der Waals surface area (Å²) in [5.41, 5.74) is 0.246. The summed E-state index contributed by atoms with van der Waals surface area (Å²) in [6.45, 7) is 4.93. The van der Waals surface area contributed by atoms with E-state index in [2.05, 4.69) is 24.5 Å². The predicted molar refractivity (Wildman–Crippen MR) is 210 cm³/mol. The molecule has 2 amide bonds. The predicted octanol–water partition coefficient (Wildman–Crippen LogP) is 6.03. The second kappa shape index (κ2) is 19.5. The zero-order valence-corrected chi connectivity index (χ0v) is 34.2. The van der Waals surface area contributed by atoms with Crippen LogP contribution in [0.25, 0.3) is 0 Å². The van der Waals surface area contributed by atoms with Crippen molar-refractivity contribution in [2.45, 2.75) is 204 Å². The Morgan fingerprint density at radius 2 is 0.947 bits per heavy atom. The fourth-order valence-electron chi connectivity index (χ4n) is 11.7. The third-order valence-corrected chi connectivity index (χ3v) is 15.5. The molecule has 6 aliphatic rings. The smallest absolute Gasteiger partial charge is 0.307 e. The van der Waals surface area contributed by atoms with Gasteiger partial charge in [-0.1, -0.05) is 13.8 Å². The van der Waals surface area contributed by atoms with Gasteiger partial charge in [-0.15, -0.1) is 0 Å². The third-order valence-electron chi connectivity index (χ3n) is 15.5. The Morgan fingerprint density at radius 1 is 0.544 bits per heavy atom. The number of carboxylic acids is 2. The maximum atomic E-state index is 13.1.